The van der Waals surface area contributed by atoms with Crippen molar-refractivity contribution >= 4 is 153 Å². The monoisotopic (exact) mass is 2190 g/mol. The van der Waals surface area contributed by atoms with Gasteiger partial charge in [0, 0.05) is 47.5 Å². The molecule has 0 radical (unpaired) electrons. The number of phenols is 1. The van der Waals surface area contributed by atoms with E-state index >= 15 is 0 Å². The number of benzene rings is 7. The molecule has 7 aromatic carbocycles. The summed E-state index contributed by atoms with van der Waals surface area (Å²) in [6, 6.07) is 29.5. The molecule has 0 aliphatic heterocycles. The van der Waals surface area contributed by atoms with E-state index in [-0.39, 0.29) is 116 Å². The van der Waals surface area contributed by atoms with Gasteiger partial charge < -0.3 is 34.4 Å². The molecule has 15 N–H and O–H groups in total. The number of aromatic hydroxyl groups is 1. The van der Waals surface area contributed by atoms with Crippen LogP contribution in [-0.2, 0) is 125 Å². The van der Waals surface area contributed by atoms with Crippen molar-refractivity contribution < 1.29 is 127 Å². The van der Waals surface area contributed by atoms with Gasteiger partial charge in [-0.1, -0.05) is 149 Å². The summed E-state index contributed by atoms with van der Waals surface area (Å²) in [7, 11) is -28.6. The number of hydrogen-bond donors (Lipinski definition) is 8. The van der Waals surface area contributed by atoms with E-state index in [1.165, 1.54) is 56.7 Å². The topological polar surface area (TPSA) is 625 Å². The summed E-state index contributed by atoms with van der Waals surface area (Å²) in [6.07, 6.45) is 33.4. The highest BCUT2D eigenvalue weighted by molar-refractivity contribution is 7.86. The number of hydrogen-bond acceptors (Lipinski definition) is 29. The number of carbonyl (C=O) groups excluding carboxylic acids is 7. The van der Waals surface area contributed by atoms with Gasteiger partial charge in [0.2, 0.25) is 0 Å². The Morgan fingerprint density at radius 3 is 1.28 bits per heavy atom. The molecule has 43 heteroatoms. The van der Waals surface area contributed by atoms with Gasteiger partial charge in [-0.25, -0.2) is 0 Å². The van der Waals surface area contributed by atoms with Crippen molar-refractivity contribution in [2.45, 2.75) is 279 Å². The normalized spacial score (nSPS) is 19.5. The lowest BCUT2D eigenvalue weighted by Gasteiger charge is -2.27. The van der Waals surface area contributed by atoms with Crippen LogP contribution in [0, 0.1) is 0 Å². The standard InChI is InChI=1S/C18H23NO4S.C17H21NO4S.C17H23NO4S.C15H17NO4S.C15H19NO4S.C12H13NO5S.C12H13NO4S/c1-12-17-11-13(23-24(19,21)22)9-10-15(17)14-7-5-3-2-4-6-8-16(14)18(12)20;18-23(20,21)22-13-8-9-14-12(10-13)11-17(19)16-7-5-3-1-2-4-6-15(14)16;1-3-5-6-7-13-10-12-8-9-14(22-23(18,20)21)11-16(12)15(4-2)17(13)19;1-9-13-8-15(20-21(16,18)19)12-5-3-2-4-10(12)11(13)6-7-14(9)17;1-4-11-9(3)15(17)12(5-2)14-8-10(6-7-13(11)14)20-21(16,18)19;1-6-5-9(14)7(2)11-8(6)3-4-10(12(11)15)18-19(13,16)17;1-7-5-12(14)8(2)11-6-9(3-4-10(7)11)17-18(13,15)16/h9-12H,2-8H2,1H3,(H2,19,21,22);8-10H,1-7,11H2,(H2,18,20,21);8-11,15H,3-7H2,1-2H3,(H2,18,20,21);6-9H,2-5H2,1H3,(H2,16,18,19);6-8,12H,4-5H2,1-3H3,(H2,16,18,19);3-5,7,15H,1-2H3,(H2,13,16,17);3-6,8H,1-2H3,(H2,13,15,16). The first-order valence-corrected chi connectivity index (χ1v) is 59.6. The zero-order chi connectivity index (χ0) is 110. The first-order valence-electron chi connectivity index (χ1n) is 49.3. The summed E-state index contributed by atoms with van der Waals surface area (Å²) in [5.74, 6) is -1.27. The van der Waals surface area contributed by atoms with Gasteiger partial charge in [-0.3, -0.25) is 33.6 Å². The van der Waals surface area contributed by atoms with E-state index in [1.54, 1.807) is 118 Å². The predicted molar refractivity (Wildman–Crippen MR) is 568 cm³/mol. The fourth-order valence-corrected chi connectivity index (χ4v) is 23.1. The SMILES string of the molecule is CC1=CC(=O)C(C)c2c1ccc(OS(N)(=O)=O)c2O.CC1=CC(=O)C(C)c2cc(OS(N)(=O)=O)ccc21.CC1C(=O)C2=C(CCCCCCC2)c2ccc(OS(N)(=O)=O)cc21.CC1C(=O)C=Cc2c1cc(OS(N)(=O)=O)c1c2CCCC1.CCC1=C(C)C(=O)C(CC)c2cc(OS(N)(=O)=O)ccc21.CCCCCC1=Cc2ccc(OS(N)(=O)=O)cc2C(CC)C1=O.NS(=O)(=O)Oc1ccc2c(c1)CC(=O)C1=C2CCCCCCC1. The van der Waals surface area contributed by atoms with Gasteiger partial charge in [-0.05, 0) is 361 Å². The number of nitrogens with two attached hydrogens (primary N) is 7. The van der Waals surface area contributed by atoms with Crippen molar-refractivity contribution in [1.82, 2.24) is 0 Å². The van der Waals surface area contributed by atoms with Gasteiger partial charge >= 0.3 is 72.1 Å². The van der Waals surface area contributed by atoms with Crippen LogP contribution in [0.5, 0.6) is 46.0 Å². The number of unbranched alkanes of at least 4 members (excludes halogenated alkanes) is 2. The summed E-state index contributed by atoms with van der Waals surface area (Å²) in [5, 5.41) is 44.3. The van der Waals surface area contributed by atoms with Crippen molar-refractivity contribution in [2.24, 2.45) is 36.0 Å². The summed E-state index contributed by atoms with van der Waals surface area (Å²) in [6.45, 7) is 20.5. The fourth-order valence-electron chi connectivity index (χ4n) is 20.5. The van der Waals surface area contributed by atoms with E-state index in [1.807, 2.05) is 72.8 Å². The molecule has 6 atom stereocenters. The Morgan fingerprint density at radius 1 is 0.349 bits per heavy atom. The fraction of sp³-hybridized carbons (Fsp3) is 0.406. The molecule has 7 aromatic rings. The smallest absolute Gasteiger partial charge is 0.380 e. The van der Waals surface area contributed by atoms with E-state index in [2.05, 4.69) is 15.3 Å². The lowest BCUT2D eigenvalue weighted by molar-refractivity contribution is -0.117. The summed E-state index contributed by atoms with van der Waals surface area (Å²) in [4.78, 5) is 85.8. The molecule has 0 saturated carbocycles. The van der Waals surface area contributed by atoms with Gasteiger partial charge in [0.05, 0.1) is 0 Å². The predicted octanol–water partition coefficient (Wildman–Crippen LogP) is 16.5. The molecule has 36 nitrogen and oxygen atoms in total. The van der Waals surface area contributed by atoms with Crippen molar-refractivity contribution in [3.63, 3.8) is 0 Å². The van der Waals surface area contributed by atoms with Crippen LogP contribution in [0.4, 0.5) is 0 Å². The van der Waals surface area contributed by atoms with Crippen LogP contribution in [0.25, 0.3) is 40.0 Å². The number of fused-ring (bicyclic) bond motifs is 11. The largest absolute Gasteiger partial charge is 0.504 e. The number of Topliss-reactive ketones (excluding diaryl/α,β-unsaturated/α-hetero) is 4. The minimum atomic E-state index is -4.23. The molecule has 0 fully saturated rings. The van der Waals surface area contributed by atoms with Gasteiger partial charge in [-0.2, -0.15) is 94.9 Å². The molecule has 0 spiro atoms. The van der Waals surface area contributed by atoms with Crippen molar-refractivity contribution in [3.8, 4) is 46.0 Å². The molecular weight excluding hydrogens is 2060 g/mol. The van der Waals surface area contributed by atoms with Crippen LogP contribution < -0.4 is 65.3 Å². The Bertz CT molecular complexity index is 7570. The molecule has 10 aliphatic carbocycles. The van der Waals surface area contributed by atoms with E-state index in [0.29, 0.717) is 36.0 Å². The van der Waals surface area contributed by atoms with Gasteiger partial charge in [-0.15, -0.1) is 0 Å². The van der Waals surface area contributed by atoms with Gasteiger partial charge in [0.15, 0.2) is 52.0 Å². The maximum Gasteiger partial charge on any atom is 0.380 e. The minimum Gasteiger partial charge on any atom is -0.504 e. The summed E-state index contributed by atoms with van der Waals surface area (Å²) in [5.41, 5.74) is 22.3. The van der Waals surface area contributed by atoms with E-state index < -0.39 is 78.0 Å². The number of allylic oxidation sites excluding steroid dienone is 12. The number of phenolic OH excluding ortho intramolecular Hbond substituents is 1. The van der Waals surface area contributed by atoms with E-state index in [4.69, 9.17) is 56.9 Å². The molecule has 0 amide bonds. The molecule has 149 heavy (non-hydrogen) atoms. The number of rotatable bonds is 21. The summed E-state index contributed by atoms with van der Waals surface area (Å²) < 4.78 is 188. The Kier molecular flexibility index (Phi) is 39.0. The second-order valence-corrected chi connectivity index (χ2v) is 46.1. The maximum absolute atomic E-state index is 12.9. The van der Waals surface area contributed by atoms with Crippen LogP contribution in [0.1, 0.15) is 348 Å². The molecule has 17 rings (SSSR count). The van der Waals surface area contributed by atoms with Crippen LogP contribution in [0.3, 0.4) is 0 Å². The highest BCUT2D eigenvalue weighted by atomic mass is 32.3. The maximum atomic E-state index is 12.9. The average molecular weight is 2190 g/mol. The highest BCUT2D eigenvalue weighted by Gasteiger charge is 2.38. The molecule has 0 aromatic heterocycles. The number of carbonyl (C=O) groups is 7. The number of ketones is 7. The molecule has 804 valence electrons. The van der Waals surface area contributed by atoms with Crippen LogP contribution >= 0.6 is 0 Å². The first-order chi connectivity index (χ1) is 69.8. The molecule has 10 aliphatic rings. The summed E-state index contributed by atoms with van der Waals surface area (Å²) >= 11 is 0. The van der Waals surface area contributed by atoms with Crippen LogP contribution in [0.15, 0.2) is 150 Å². The van der Waals surface area contributed by atoms with Crippen molar-refractivity contribution in [3.05, 3.63) is 239 Å². The Labute approximate surface area is 872 Å². The third-order valence-electron chi connectivity index (χ3n) is 27.5. The third kappa shape index (κ3) is 31.2. The van der Waals surface area contributed by atoms with Crippen LogP contribution in [-0.4, -0.2) is 105 Å². The lowest BCUT2D eigenvalue weighted by Crippen LogP contribution is -2.22. The first kappa shape index (κ1) is 117. The molecule has 0 saturated heterocycles. The van der Waals surface area contributed by atoms with Gasteiger partial charge in [0.1, 0.15) is 34.5 Å². The Balaban J connectivity index is 0.000000165. The second kappa shape index (κ2) is 49.5. The zero-order valence-corrected chi connectivity index (χ0v) is 90.6. The minimum absolute atomic E-state index is 0.00671. The molecule has 0 bridgehead atoms. The molecule has 0 heterocycles. The van der Waals surface area contributed by atoms with Crippen molar-refractivity contribution in [2.75, 3.05) is 0 Å². The molecule has 6 unspecified atom stereocenters. The highest BCUT2D eigenvalue weighted by Crippen LogP contribution is 2.49. The zero-order valence-electron chi connectivity index (χ0n) is 84.9. The third-order valence-corrected chi connectivity index (χ3v) is 30.4. The van der Waals surface area contributed by atoms with Crippen LogP contribution in [0.2, 0.25) is 0 Å². The second-order valence-electron chi connectivity index (χ2n) is 38.0. The molecular formula is C106H129N7O29S7. The van der Waals surface area contributed by atoms with E-state index in [0.717, 1.165) is 232 Å². The Hall–Kier alpha value is -11.8. The average Bonchev–Trinajstić information content (AvgIpc) is 1.75. The lowest BCUT2D eigenvalue weighted by atomic mass is 9.76. The van der Waals surface area contributed by atoms with E-state index in [9.17, 15) is 97.6 Å². The van der Waals surface area contributed by atoms with Gasteiger partial charge in [0.25, 0.3) is 0 Å². The Morgan fingerprint density at radius 2 is 0.758 bits per heavy atom. The van der Waals surface area contributed by atoms with Crippen molar-refractivity contribution in [1.29, 1.82) is 0 Å². The quantitative estimate of drug-likeness (QED) is 0.0310.